The molecule has 0 bridgehead atoms. The quantitative estimate of drug-likeness (QED) is 0.230. The van der Waals surface area contributed by atoms with Crippen LogP contribution in [-0.4, -0.2) is 94.1 Å². The number of hydrogen-bond donors (Lipinski definition) is 2. The number of nitrogens with one attached hydrogen (secondary N) is 2. The van der Waals surface area contributed by atoms with Gasteiger partial charge in [0.15, 0.2) is 10.9 Å². The normalized spacial score (nSPS) is 22.8. The number of carbonyl (C=O) groups is 1. The number of amides is 1. The van der Waals surface area contributed by atoms with Crippen LogP contribution in [0.15, 0.2) is 12.3 Å². The van der Waals surface area contributed by atoms with Gasteiger partial charge in [0, 0.05) is 44.9 Å². The van der Waals surface area contributed by atoms with E-state index < -0.39 is 52.1 Å². The largest absolute Gasteiger partial charge is 0.461 e. The molecule has 1 aromatic carbocycles. The van der Waals surface area contributed by atoms with Crippen molar-refractivity contribution in [2.45, 2.75) is 69.8 Å². The third kappa shape index (κ3) is 5.98. The Bertz CT molecular complexity index is 1900. The molecular formula is C32H36F4N8O3S. The first-order valence-corrected chi connectivity index (χ1v) is 16.7. The molecule has 4 aromatic rings. The van der Waals surface area contributed by atoms with Gasteiger partial charge in [0.25, 0.3) is 0 Å². The molecule has 0 saturated carbocycles. The van der Waals surface area contributed by atoms with Crippen LogP contribution >= 0.6 is 11.3 Å². The van der Waals surface area contributed by atoms with Gasteiger partial charge in [-0.05, 0) is 53.1 Å². The maximum absolute atomic E-state index is 16.7. The predicted octanol–water partition coefficient (Wildman–Crippen LogP) is 5.82. The van der Waals surface area contributed by atoms with Crippen molar-refractivity contribution in [3.8, 4) is 17.3 Å². The van der Waals surface area contributed by atoms with Crippen molar-refractivity contribution >= 4 is 49.5 Å². The van der Waals surface area contributed by atoms with Gasteiger partial charge in [-0.15, -0.1) is 0 Å². The molecule has 11 nitrogen and oxygen atoms in total. The van der Waals surface area contributed by atoms with Gasteiger partial charge < -0.3 is 19.7 Å². The number of anilines is 2. The van der Waals surface area contributed by atoms with Crippen molar-refractivity contribution in [1.29, 1.82) is 0 Å². The van der Waals surface area contributed by atoms with Crippen LogP contribution < -0.4 is 20.3 Å². The lowest BCUT2D eigenvalue weighted by Crippen LogP contribution is -2.43. The van der Waals surface area contributed by atoms with Crippen LogP contribution in [0, 0.1) is 17.5 Å². The second-order valence-electron chi connectivity index (χ2n) is 13.7. The standard InChI is InChI=1S/C32H36F4N8O3S/c1-31(2,3)47-30(45)42-29-40-25-21(19(34)10-20(35)26(25)48-29)24-22(36)23-18(13-38-24)27(43(4)17-6-8-37-12-17)41-28(39-23)46-15-32-7-5-9-44(32)14-16(33)11-32/h10,13,16-17,37H,5-9,11-12,14-15H2,1-4H3,(H,40,42,45)/t16?,17-,32+/m1/s1. The van der Waals surface area contributed by atoms with E-state index in [1.54, 1.807) is 20.8 Å². The molecule has 3 aliphatic rings. The Morgan fingerprint density at radius 2 is 2.02 bits per heavy atom. The molecule has 16 heteroatoms. The Kier molecular flexibility index (Phi) is 8.31. The van der Waals surface area contributed by atoms with Gasteiger partial charge in [0.2, 0.25) is 0 Å². The zero-order valence-corrected chi connectivity index (χ0v) is 27.8. The van der Waals surface area contributed by atoms with Gasteiger partial charge >= 0.3 is 12.1 Å². The highest BCUT2D eigenvalue weighted by Gasteiger charge is 2.49. The zero-order chi connectivity index (χ0) is 34.0. The minimum Gasteiger partial charge on any atom is -0.461 e. The maximum atomic E-state index is 16.7. The molecule has 2 N–H and O–H groups in total. The summed E-state index contributed by atoms with van der Waals surface area (Å²) in [6, 6.07) is 0.577. The number of fused-ring (bicyclic) bond motifs is 3. The van der Waals surface area contributed by atoms with Crippen LogP contribution in [0.5, 0.6) is 6.01 Å². The minimum atomic E-state index is -1.10. The lowest BCUT2D eigenvalue weighted by Gasteiger charge is -2.31. The van der Waals surface area contributed by atoms with E-state index in [1.165, 1.54) is 6.20 Å². The summed E-state index contributed by atoms with van der Waals surface area (Å²) in [5.41, 5.74) is -2.54. The van der Waals surface area contributed by atoms with Crippen molar-refractivity contribution in [3.63, 3.8) is 0 Å². The highest BCUT2D eigenvalue weighted by molar-refractivity contribution is 7.22. The SMILES string of the molecule is CN(c1nc(OC[C@@]23CCCN2CC(F)C3)nc2c(F)c(-c3c(F)cc(F)c4sc(NC(=O)OC(C)(C)C)nc34)ncc12)[C@@H]1CCNC1. The number of hydrogen-bond acceptors (Lipinski definition) is 11. The summed E-state index contributed by atoms with van der Waals surface area (Å²) in [5.74, 6) is -2.63. The molecule has 3 aromatic heterocycles. The average molecular weight is 689 g/mol. The molecule has 1 unspecified atom stereocenters. The summed E-state index contributed by atoms with van der Waals surface area (Å²) in [6.45, 7) is 7.77. The molecule has 3 saturated heterocycles. The van der Waals surface area contributed by atoms with Gasteiger partial charge in [-0.1, -0.05) is 11.3 Å². The number of rotatable bonds is 7. The molecule has 7 rings (SSSR count). The van der Waals surface area contributed by atoms with E-state index in [2.05, 4.69) is 35.5 Å². The molecule has 3 atom stereocenters. The Morgan fingerprint density at radius 3 is 2.77 bits per heavy atom. The van der Waals surface area contributed by atoms with Crippen LogP contribution in [-0.2, 0) is 4.74 Å². The number of thiazole rings is 1. The number of alkyl halides is 1. The van der Waals surface area contributed by atoms with Crippen LogP contribution in [0.1, 0.15) is 46.5 Å². The highest BCUT2D eigenvalue weighted by atomic mass is 32.1. The number of pyridine rings is 1. The minimum absolute atomic E-state index is 0.0461. The molecule has 3 fully saturated rings. The molecule has 1 amide bonds. The number of halogens is 4. The van der Waals surface area contributed by atoms with Gasteiger partial charge in [0.05, 0.1) is 26.7 Å². The van der Waals surface area contributed by atoms with Crippen molar-refractivity contribution < 1.29 is 31.8 Å². The summed E-state index contributed by atoms with van der Waals surface area (Å²) in [7, 11) is 1.84. The van der Waals surface area contributed by atoms with E-state index in [9.17, 15) is 13.6 Å². The fraction of sp³-hybridized carbons (Fsp3) is 0.531. The molecular weight excluding hydrogens is 652 g/mol. The van der Waals surface area contributed by atoms with Crippen molar-refractivity contribution in [1.82, 2.24) is 30.2 Å². The van der Waals surface area contributed by atoms with Crippen molar-refractivity contribution in [2.75, 3.05) is 50.1 Å². The number of nitrogens with zero attached hydrogens (tertiary/aromatic N) is 6. The summed E-state index contributed by atoms with van der Waals surface area (Å²) in [5, 5.41) is 5.95. The summed E-state index contributed by atoms with van der Waals surface area (Å²) in [6.07, 6.45) is 2.41. The van der Waals surface area contributed by atoms with Crippen LogP contribution in [0.25, 0.3) is 32.4 Å². The second kappa shape index (κ2) is 12.2. The van der Waals surface area contributed by atoms with Crippen molar-refractivity contribution in [3.05, 3.63) is 29.7 Å². The highest BCUT2D eigenvalue weighted by Crippen LogP contribution is 2.42. The Morgan fingerprint density at radius 1 is 1.21 bits per heavy atom. The van der Waals surface area contributed by atoms with Gasteiger partial charge in [-0.25, -0.2) is 27.3 Å². The summed E-state index contributed by atoms with van der Waals surface area (Å²) < 4.78 is 73.0. The maximum Gasteiger partial charge on any atom is 0.413 e. The Balaban J connectivity index is 1.31. The number of aromatic nitrogens is 4. The van der Waals surface area contributed by atoms with E-state index in [0.29, 0.717) is 31.4 Å². The fourth-order valence-corrected chi connectivity index (χ4v) is 7.87. The molecule has 0 radical (unpaired) electrons. The van der Waals surface area contributed by atoms with E-state index in [0.717, 1.165) is 43.7 Å². The molecule has 6 heterocycles. The average Bonchev–Trinajstić information content (AvgIpc) is 3.80. The van der Waals surface area contributed by atoms with E-state index in [4.69, 9.17) is 9.47 Å². The smallest absolute Gasteiger partial charge is 0.413 e. The second-order valence-corrected chi connectivity index (χ2v) is 14.7. The van der Waals surface area contributed by atoms with Crippen LogP contribution in [0.4, 0.5) is 33.3 Å². The van der Waals surface area contributed by atoms with E-state index in [-0.39, 0.29) is 44.9 Å². The molecule has 48 heavy (non-hydrogen) atoms. The van der Waals surface area contributed by atoms with E-state index in [1.807, 2.05) is 11.9 Å². The van der Waals surface area contributed by atoms with Crippen LogP contribution in [0.3, 0.4) is 0 Å². The zero-order valence-electron chi connectivity index (χ0n) is 27.0. The number of carbonyl (C=O) groups excluding carboxylic acids is 1. The first kappa shape index (κ1) is 32.6. The number of benzene rings is 1. The number of ether oxygens (including phenoxy) is 2. The first-order valence-electron chi connectivity index (χ1n) is 15.9. The molecule has 0 aliphatic carbocycles. The van der Waals surface area contributed by atoms with Crippen molar-refractivity contribution in [2.24, 2.45) is 0 Å². The third-order valence-corrected chi connectivity index (χ3v) is 10.2. The number of likely N-dealkylation sites (N-methyl/N-ethyl adjacent to an activating group) is 1. The van der Waals surface area contributed by atoms with Crippen LogP contribution in [0.2, 0.25) is 0 Å². The topological polar surface area (TPSA) is 118 Å². The Labute approximate surface area is 278 Å². The molecule has 3 aliphatic heterocycles. The van der Waals surface area contributed by atoms with Gasteiger partial charge in [-0.2, -0.15) is 9.97 Å². The van der Waals surface area contributed by atoms with Gasteiger partial charge in [0.1, 0.15) is 47.0 Å². The lowest BCUT2D eigenvalue weighted by atomic mass is 9.95. The summed E-state index contributed by atoms with van der Waals surface area (Å²) in [4.78, 5) is 34.0. The summed E-state index contributed by atoms with van der Waals surface area (Å²) >= 11 is 0.750. The van der Waals surface area contributed by atoms with Gasteiger partial charge in [-0.3, -0.25) is 15.2 Å². The lowest BCUT2D eigenvalue weighted by molar-refractivity contribution is 0.0636. The molecule has 0 spiro atoms. The van der Waals surface area contributed by atoms with E-state index >= 15 is 8.78 Å². The first-order chi connectivity index (χ1) is 22.8. The fourth-order valence-electron chi connectivity index (χ4n) is 7.00. The monoisotopic (exact) mass is 688 g/mol. The molecule has 256 valence electrons. The third-order valence-electron chi connectivity index (χ3n) is 9.21. The predicted molar refractivity (Wildman–Crippen MR) is 174 cm³/mol. The Hall–Kier alpha value is -3.89.